The molecular formula is C8H14O2S. The van der Waals surface area contributed by atoms with Crippen LogP contribution in [0.5, 0.6) is 0 Å². The number of rotatable bonds is 2. The van der Waals surface area contributed by atoms with Crippen molar-refractivity contribution in [1.82, 2.24) is 0 Å². The highest BCUT2D eigenvalue weighted by Crippen LogP contribution is 2.17. The number of hydrogen-bond acceptors (Lipinski definition) is 2. The van der Waals surface area contributed by atoms with Crippen LogP contribution in [0.1, 0.15) is 26.2 Å². The van der Waals surface area contributed by atoms with Gasteiger partial charge in [-0.05, 0) is 12.8 Å². The number of carbonyl (C=O) groups is 1. The molecule has 0 aromatic heterocycles. The van der Waals surface area contributed by atoms with Crippen LogP contribution >= 0.6 is 0 Å². The van der Waals surface area contributed by atoms with E-state index in [0.29, 0.717) is 12.2 Å². The van der Waals surface area contributed by atoms with Crippen LogP contribution in [0.4, 0.5) is 0 Å². The maximum Gasteiger partial charge on any atom is 0.136 e. The zero-order valence-corrected chi connectivity index (χ0v) is 7.65. The predicted molar refractivity (Wildman–Crippen MR) is 45.9 cm³/mol. The third kappa shape index (κ3) is 2.40. The van der Waals surface area contributed by atoms with E-state index in [1.54, 1.807) is 0 Å². The van der Waals surface area contributed by atoms with E-state index in [-0.39, 0.29) is 11.7 Å². The molecular weight excluding hydrogens is 160 g/mol. The summed E-state index contributed by atoms with van der Waals surface area (Å²) in [4.78, 5) is 11.2. The summed E-state index contributed by atoms with van der Waals surface area (Å²) in [6.07, 6.45) is 2.52. The monoisotopic (exact) mass is 174 g/mol. The summed E-state index contributed by atoms with van der Waals surface area (Å²) < 4.78 is 11.1. The summed E-state index contributed by atoms with van der Waals surface area (Å²) in [6.45, 7) is 1.87. The average molecular weight is 174 g/mol. The highest BCUT2D eigenvalue weighted by Gasteiger charge is 2.23. The molecule has 0 radical (unpaired) electrons. The van der Waals surface area contributed by atoms with Gasteiger partial charge in [-0.15, -0.1) is 0 Å². The molecule has 1 aliphatic rings. The minimum atomic E-state index is -0.713. The van der Waals surface area contributed by atoms with Gasteiger partial charge in [0.15, 0.2) is 0 Å². The van der Waals surface area contributed by atoms with Gasteiger partial charge in [0, 0.05) is 34.6 Å². The van der Waals surface area contributed by atoms with Gasteiger partial charge in [-0.25, -0.2) is 0 Å². The Morgan fingerprint density at radius 2 is 2.36 bits per heavy atom. The largest absolute Gasteiger partial charge is 0.299 e. The van der Waals surface area contributed by atoms with E-state index >= 15 is 0 Å². The molecule has 0 saturated carbocycles. The second kappa shape index (κ2) is 4.00. The Hall–Kier alpha value is -0.180. The topological polar surface area (TPSA) is 34.1 Å². The van der Waals surface area contributed by atoms with Crippen molar-refractivity contribution in [1.29, 1.82) is 0 Å². The van der Waals surface area contributed by atoms with Crippen LogP contribution in [-0.2, 0) is 15.6 Å². The van der Waals surface area contributed by atoms with E-state index in [1.807, 2.05) is 6.92 Å². The van der Waals surface area contributed by atoms with Gasteiger partial charge in [0.25, 0.3) is 0 Å². The van der Waals surface area contributed by atoms with E-state index in [2.05, 4.69) is 0 Å². The molecule has 0 amide bonds. The molecule has 2 unspecified atom stereocenters. The van der Waals surface area contributed by atoms with Crippen LogP contribution in [0.2, 0.25) is 0 Å². The summed E-state index contributed by atoms with van der Waals surface area (Å²) in [5, 5.41) is 0. The molecule has 0 N–H and O–H groups in total. The van der Waals surface area contributed by atoms with Crippen molar-refractivity contribution in [2.45, 2.75) is 26.2 Å². The molecule has 0 aromatic rings. The molecule has 0 bridgehead atoms. The Bertz CT molecular complexity index is 177. The molecule has 1 fully saturated rings. The van der Waals surface area contributed by atoms with E-state index in [4.69, 9.17) is 0 Å². The Balaban J connectivity index is 2.45. The normalized spacial score (nSPS) is 31.7. The predicted octanol–water partition coefficient (Wildman–Crippen LogP) is 1.12. The van der Waals surface area contributed by atoms with Crippen molar-refractivity contribution in [2.24, 2.45) is 5.92 Å². The quantitative estimate of drug-likeness (QED) is 0.628. The fraction of sp³-hybridized carbons (Fsp3) is 0.875. The molecule has 64 valence electrons. The van der Waals surface area contributed by atoms with Crippen molar-refractivity contribution >= 4 is 16.6 Å². The minimum absolute atomic E-state index is 0.106. The molecule has 2 nitrogen and oxygen atoms in total. The zero-order valence-electron chi connectivity index (χ0n) is 6.84. The van der Waals surface area contributed by atoms with Gasteiger partial charge in [0.2, 0.25) is 0 Å². The van der Waals surface area contributed by atoms with Gasteiger partial charge in [0.05, 0.1) is 0 Å². The van der Waals surface area contributed by atoms with Crippen LogP contribution in [0.3, 0.4) is 0 Å². The smallest absolute Gasteiger partial charge is 0.136 e. The van der Waals surface area contributed by atoms with E-state index in [9.17, 15) is 9.00 Å². The Morgan fingerprint density at radius 3 is 2.91 bits per heavy atom. The standard InChI is InChI=1S/C8H14O2S/c1-2-8(9)7-4-3-5-11(10)6-7/h7H,2-6H2,1H3. The summed E-state index contributed by atoms with van der Waals surface area (Å²) in [7, 11) is -0.713. The van der Waals surface area contributed by atoms with Crippen molar-refractivity contribution < 1.29 is 9.00 Å². The van der Waals surface area contributed by atoms with Gasteiger partial charge >= 0.3 is 0 Å². The molecule has 2 atom stereocenters. The third-order valence-corrected chi connectivity index (χ3v) is 3.63. The summed E-state index contributed by atoms with van der Waals surface area (Å²) in [6, 6.07) is 0. The van der Waals surface area contributed by atoms with Crippen LogP contribution in [0.25, 0.3) is 0 Å². The van der Waals surface area contributed by atoms with Crippen LogP contribution in [0, 0.1) is 5.92 Å². The van der Waals surface area contributed by atoms with Crippen LogP contribution in [-0.4, -0.2) is 21.5 Å². The van der Waals surface area contributed by atoms with E-state index in [0.717, 1.165) is 18.6 Å². The summed E-state index contributed by atoms with van der Waals surface area (Å²) in [5.74, 6) is 1.81. The molecule has 11 heavy (non-hydrogen) atoms. The first-order valence-electron chi connectivity index (χ1n) is 4.11. The minimum Gasteiger partial charge on any atom is -0.299 e. The molecule has 1 saturated heterocycles. The maximum atomic E-state index is 11.2. The summed E-state index contributed by atoms with van der Waals surface area (Å²) in [5.41, 5.74) is 0. The summed E-state index contributed by atoms with van der Waals surface area (Å²) >= 11 is 0. The van der Waals surface area contributed by atoms with Crippen LogP contribution in [0.15, 0.2) is 0 Å². The second-order valence-corrected chi connectivity index (χ2v) is 4.59. The lowest BCUT2D eigenvalue weighted by Crippen LogP contribution is -2.26. The highest BCUT2D eigenvalue weighted by atomic mass is 32.2. The molecule has 0 aliphatic carbocycles. The second-order valence-electron chi connectivity index (χ2n) is 2.97. The first kappa shape index (κ1) is 8.91. The third-order valence-electron chi connectivity index (χ3n) is 2.12. The molecule has 0 aromatic carbocycles. The molecule has 1 aliphatic heterocycles. The molecule has 0 spiro atoms. The van der Waals surface area contributed by atoms with Crippen LogP contribution < -0.4 is 0 Å². The fourth-order valence-electron chi connectivity index (χ4n) is 1.42. The zero-order chi connectivity index (χ0) is 8.27. The van der Waals surface area contributed by atoms with Crippen molar-refractivity contribution in [2.75, 3.05) is 11.5 Å². The molecule has 3 heteroatoms. The van der Waals surface area contributed by atoms with Crippen molar-refractivity contribution in [3.05, 3.63) is 0 Å². The van der Waals surface area contributed by atoms with Crippen molar-refractivity contribution in [3.8, 4) is 0 Å². The Morgan fingerprint density at radius 1 is 1.64 bits per heavy atom. The van der Waals surface area contributed by atoms with Crippen molar-refractivity contribution in [3.63, 3.8) is 0 Å². The molecule has 1 heterocycles. The van der Waals surface area contributed by atoms with Gasteiger partial charge in [-0.1, -0.05) is 6.92 Å². The fourth-order valence-corrected chi connectivity index (χ4v) is 2.88. The number of Topliss-reactive ketones (excluding diaryl/α,β-unsaturated/α-hetero) is 1. The number of ketones is 1. The Kier molecular flexibility index (Phi) is 3.24. The lowest BCUT2D eigenvalue weighted by Gasteiger charge is -2.18. The lowest BCUT2D eigenvalue weighted by molar-refractivity contribution is -0.122. The SMILES string of the molecule is CCC(=O)C1CCCS(=O)C1. The van der Waals surface area contributed by atoms with E-state index < -0.39 is 10.8 Å². The highest BCUT2D eigenvalue weighted by molar-refractivity contribution is 7.85. The van der Waals surface area contributed by atoms with Gasteiger partial charge < -0.3 is 0 Å². The molecule has 1 rings (SSSR count). The first-order chi connectivity index (χ1) is 5.24. The van der Waals surface area contributed by atoms with Gasteiger partial charge in [0.1, 0.15) is 5.78 Å². The van der Waals surface area contributed by atoms with Gasteiger partial charge in [-0.3, -0.25) is 9.00 Å². The number of hydrogen-bond donors (Lipinski definition) is 0. The first-order valence-corrected chi connectivity index (χ1v) is 5.60. The Labute approximate surface area is 69.8 Å². The van der Waals surface area contributed by atoms with Gasteiger partial charge in [-0.2, -0.15) is 0 Å². The average Bonchev–Trinajstić information content (AvgIpc) is 2.03. The lowest BCUT2D eigenvalue weighted by atomic mass is 9.99. The maximum absolute atomic E-state index is 11.2. The number of carbonyl (C=O) groups excluding carboxylic acids is 1. The van der Waals surface area contributed by atoms with E-state index in [1.165, 1.54) is 0 Å².